The maximum Gasteiger partial charge on any atom is 0.0732 e. The Bertz CT molecular complexity index is 1070. The van der Waals surface area contributed by atoms with Crippen molar-refractivity contribution in [2.45, 2.75) is 28.0 Å². The van der Waals surface area contributed by atoms with Crippen LogP contribution in [0.5, 0.6) is 0 Å². The summed E-state index contributed by atoms with van der Waals surface area (Å²) in [7, 11) is 0. The Kier molecular flexibility index (Phi) is 2.95. The lowest BCUT2D eigenvalue weighted by Crippen LogP contribution is -2.32. The first-order valence-corrected chi connectivity index (χ1v) is 10.1. The van der Waals surface area contributed by atoms with Gasteiger partial charge in [0.25, 0.3) is 0 Å². The van der Waals surface area contributed by atoms with Crippen molar-refractivity contribution in [3.63, 3.8) is 0 Å². The van der Waals surface area contributed by atoms with Crippen molar-refractivity contribution in [1.82, 2.24) is 0 Å². The second-order valence-corrected chi connectivity index (χ2v) is 8.31. The molecule has 0 bridgehead atoms. The average molecular weight is 350 g/mol. The molecule has 3 aromatic rings. The van der Waals surface area contributed by atoms with Gasteiger partial charge in [-0.1, -0.05) is 84.6 Å². The SMILES string of the molecule is C1=CC2=C(CC1)c1ccccc1C21c2ccccc2Sc2ccccc21. The molecule has 2 aliphatic carbocycles. The van der Waals surface area contributed by atoms with Gasteiger partial charge in [0.15, 0.2) is 0 Å². The molecule has 1 heterocycles. The van der Waals surface area contributed by atoms with Gasteiger partial charge in [0.2, 0.25) is 0 Å². The quantitative estimate of drug-likeness (QED) is 0.440. The molecule has 124 valence electrons. The van der Waals surface area contributed by atoms with E-state index in [1.807, 2.05) is 11.8 Å². The van der Waals surface area contributed by atoms with Crippen molar-refractivity contribution in [2.75, 3.05) is 0 Å². The van der Waals surface area contributed by atoms with Crippen molar-refractivity contribution in [3.05, 3.63) is 113 Å². The van der Waals surface area contributed by atoms with Crippen LogP contribution in [-0.2, 0) is 5.41 Å². The molecule has 0 atom stereocenters. The minimum atomic E-state index is -0.165. The summed E-state index contributed by atoms with van der Waals surface area (Å²) in [6.45, 7) is 0. The van der Waals surface area contributed by atoms with Crippen molar-refractivity contribution in [3.8, 4) is 0 Å². The third kappa shape index (κ3) is 1.67. The van der Waals surface area contributed by atoms with Crippen LogP contribution in [0.3, 0.4) is 0 Å². The van der Waals surface area contributed by atoms with Gasteiger partial charge in [0, 0.05) is 9.79 Å². The van der Waals surface area contributed by atoms with E-state index in [0.29, 0.717) is 0 Å². The van der Waals surface area contributed by atoms with Crippen molar-refractivity contribution in [1.29, 1.82) is 0 Å². The third-order valence-electron chi connectivity index (χ3n) is 6.03. The van der Waals surface area contributed by atoms with Crippen LogP contribution < -0.4 is 0 Å². The normalized spacial score (nSPS) is 18.3. The smallest absolute Gasteiger partial charge is 0.0732 e. The summed E-state index contributed by atoms with van der Waals surface area (Å²) < 4.78 is 0. The van der Waals surface area contributed by atoms with E-state index in [1.54, 1.807) is 5.57 Å². The number of fused-ring (bicyclic) bond motifs is 8. The van der Waals surface area contributed by atoms with Gasteiger partial charge in [-0.05, 0) is 58.4 Å². The van der Waals surface area contributed by atoms with E-state index in [-0.39, 0.29) is 5.41 Å². The van der Waals surface area contributed by atoms with Crippen LogP contribution in [-0.4, -0.2) is 0 Å². The average Bonchev–Trinajstić information content (AvgIpc) is 3.00. The molecular formula is C25H18S. The summed E-state index contributed by atoms with van der Waals surface area (Å²) in [6.07, 6.45) is 7.05. The van der Waals surface area contributed by atoms with Gasteiger partial charge in [0.1, 0.15) is 0 Å². The maximum atomic E-state index is 2.41. The second kappa shape index (κ2) is 5.25. The van der Waals surface area contributed by atoms with E-state index in [2.05, 4.69) is 84.9 Å². The zero-order valence-corrected chi connectivity index (χ0v) is 15.2. The maximum absolute atomic E-state index is 2.41. The van der Waals surface area contributed by atoms with Gasteiger partial charge in [-0.3, -0.25) is 0 Å². The lowest BCUT2D eigenvalue weighted by molar-refractivity contribution is 0.713. The van der Waals surface area contributed by atoms with Crippen LogP contribution in [0.15, 0.2) is 100 Å². The molecule has 1 heteroatoms. The van der Waals surface area contributed by atoms with Crippen LogP contribution in [0.2, 0.25) is 0 Å². The fraction of sp³-hybridized carbons (Fsp3) is 0.120. The van der Waals surface area contributed by atoms with E-state index in [1.165, 1.54) is 37.6 Å². The zero-order chi connectivity index (χ0) is 17.1. The Morgan fingerprint density at radius 3 is 2.04 bits per heavy atom. The summed E-state index contributed by atoms with van der Waals surface area (Å²) in [5, 5.41) is 0. The molecule has 0 fully saturated rings. The molecule has 1 aliphatic heterocycles. The predicted molar refractivity (Wildman–Crippen MR) is 109 cm³/mol. The van der Waals surface area contributed by atoms with Gasteiger partial charge in [0.05, 0.1) is 5.41 Å². The molecule has 26 heavy (non-hydrogen) atoms. The molecule has 0 N–H and O–H groups in total. The number of rotatable bonds is 0. The molecule has 0 nitrogen and oxygen atoms in total. The Morgan fingerprint density at radius 1 is 0.692 bits per heavy atom. The monoisotopic (exact) mass is 350 g/mol. The van der Waals surface area contributed by atoms with Crippen molar-refractivity contribution >= 4 is 17.3 Å². The topological polar surface area (TPSA) is 0 Å². The lowest BCUT2D eigenvalue weighted by atomic mass is 9.66. The molecule has 0 saturated carbocycles. The molecule has 0 aromatic heterocycles. The van der Waals surface area contributed by atoms with E-state index < -0.39 is 0 Å². The van der Waals surface area contributed by atoms with Gasteiger partial charge < -0.3 is 0 Å². The number of hydrogen-bond acceptors (Lipinski definition) is 1. The molecule has 0 saturated heterocycles. The number of allylic oxidation sites excluding steroid dienone is 4. The van der Waals surface area contributed by atoms with Gasteiger partial charge in [-0.25, -0.2) is 0 Å². The van der Waals surface area contributed by atoms with Crippen LogP contribution in [0.4, 0.5) is 0 Å². The van der Waals surface area contributed by atoms with E-state index in [0.717, 1.165) is 12.8 Å². The van der Waals surface area contributed by atoms with Gasteiger partial charge in [-0.15, -0.1) is 0 Å². The fourth-order valence-corrected chi connectivity index (χ4v) is 6.28. The van der Waals surface area contributed by atoms with Crippen LogP contribution >= 0.6 is 11.8 Å². The first-order valence-electron chi connectivity index (χ1n) is 9.27. The van der Waals surface area contributed by atoms with Crippen molar-refractivity contribution in [2.24, 2.45) is 0 Å². The first-order chi connectivity index (χ1) is 12.9. The Labute approximate surface area is 158 Å². The Morgan fingerprint density at radius 2 is 1.31 bits per heavy atom. The number of hydrogen-bond donors (Lipinski definition) is 0. The minimum Gasteiger partial charge on any atom is -0.0894 e. The molecule has 1 spiro atoms. The summed E-state index contributed by atoms with van der Waals surface area (Å²) in [5.74, 6) is 0. The van der Waals surface area contributed by atoms with Crippen LogP contribution in [0, 0.1) is 0 Å². The van der Waals surface area contributed by atoms with Crippen LogP contribution in [0.25, 0.3) is 5.57 Å². The summed E-state index contributed by atoms with van der Waals surface area (Å²) in [4.78, 5) is 2.77. The minimum absolute atomic E-state index is 0.165. The van der Waals surface area contributed by atoms with Crippen molar-refractivity contribution < 1.29 is 0 Å². The summed E-state index contributed by atoms with van der Waals surface area (Å²) in [6, 6.07) is 27.0. The molecular weight excluding hydrogens is 332 g/mol. The molecule has 3 aromatic carbocycles. The third-order valence-corrected chi connectivity index (χ3v) is 7.18. The van der Waals surface area contributed by atoms with E-state index >= 15 is 0 Å². The van der Waals surface area contributed by atoms with E-state index in [9.17, 15) is 0 Å². The fourth-order valence-electron chi connectivity index (χ4n) is 5.09. The largest absolute Gasteiger partial charge is 0.0894 e. The Hall–Kier alpha value is -2.51. The van der Waals surface area contributed by atoms with Gasteiger partial charge in [-0.2, -0.15) is 0 Å². The molecule has 0 radical (unpaired) electrons. The highest BCUT2D eigenvalue weighted by atomic mass is 32.2. The molecule has 6 rings (SSSR count). The van der Waals surface area contributed by atoms with Gasteiger partial charge >= 0.3 is 0 Å². The van der Waals surface area contributed by atoms with Crippen LogP contribution in [0.1, 0.15) is 35.1 Å². The Balaban J connectivity index is 1.83. The van der Waals surface area contributed by atoms with E-state index in [4.69, 9.17) is 0 Å². The number of benzene rings is 3. The highest BCUT2D eigenvalue weighted by Crippen LogP contribution is 2.62. The first kappa shape index (κ1) is 14.6. The zero-order valence-electron chi connectivity index (χ0n) is 14.4. The molecule has 0 unspecified atom stereocenters. The lowest BCUT2D eigenvalue weighted by Gasteiger charge is -2.40. The standard InChI is InChI=1S/C25H18S/c1-3-11-19-17(9-1)18-10-2-4-12-20(18)25(19)21-13-5-7-15-23(21)26-24-16-8-6-14-22(24)25/h1,3-9,11-16H,2,10H2. The summed E-state index contributed by atoms with van der Waals surface area (Å²) in [5.41, 5.74) is 8.65. The second-order valence-electron chi connectivity index (χ2n) is 7.22. The molecule has 3 aliphatic rings. The summed E-state index contributed by atoms with van der Waals surface area (Å²) >= 11 is 1.91. The predicted octanol–water partition coefficient (Wildman–Crippen LogP) is 6.60. The highest BCUT2D eigenvalue weighted by molar-refractivity contribution is 7.99. The molecule has 0 amide bonds. The highest BCUT2D eigenvalue weighted by Gasteiger charge is 2.50.